The van der Waals surface area contributed by atoms with Gasteiger partial charge in [-0.15, -0.1) is 0 Å². The molecule has 1 amide bonds. The normalized spacial score (nSPS) is 10.5. The highest BCUT2D eigenvalue weighted by atomic mass is 35.5. The van der Waals surface area contributed by atoms with Crippen molar-refractivity contribution in [3.63, 3.8) is 0 Å². The summed E-state index contributed by atoms with van der Waals surface area (Å²) >= 11 is 6.04. The Balaban J connectivity index is 1.66. The van der Waals surface area contributed by atoms with E-state index in [4.69, 9.17) is 16.3 Å². The number of ether oxygens (including phenoxy) is 1. The van der Waals surface area contributed by atoms with Gasteiger partial charge in [0.15, 0.2) is 5.75 Å². The number of nitrogens with zero attached hydrogens (tertiary/aromatic N) is 3. The Morgan fingerprint density at radius 3 is 2.71 bits per heavy atom. The first-order valence-electron chi connectivity index (χ1n) is 8.41. The zero-order chi connectivity index (χ0) is 20.1. The Hall–Kier alpha value is -3.39. The number of rotatable bonds is 7. The fraction of sp³-hybridized carbons (Fsp3) is 0.158. The van der Waals surface area contributed by atoms with E-state index in [0.29, 0.717) is 22.2 Å². The lowest BCUT2D eigenvalue weighted by atomic mass is 10.2. The van der Waals surface area contributed by atoms with Crippen LogP contribution in [0.1, 0.15) is 12.0 Å². The zero-order valence-electron chi connectivity index (χ0n) is 15.0. The lowest BCUT2D eigenvalue weighted by Crippen LogP contribution is -2.15. The molecule has 0 saturated carbocycles. The first kappa shape index (κ1) is 19.4. The first-order valence-corrected chi connectivity index (χ1v) is 8.79. The fourth-order valence-electron chi connectivity index (χ4n) is 2.42. The summed E-state index contributed by atoms with van der Waals surface area (Å²) in [5.41, 5.74) is 1.42. The van der Waals surface area contributed by atoms with Gasteiger partial charge in [-0.2, -0.15) is 5.10 Å². The third kappa shape index (κ3) is 5.08. The van der Waals surface area contributed by atoms with Crippen LogP contribution in [0.3, 0.4) is 0 Å². The molecule has 8 nitrogen and oxygen atoms in total. The SMILES string of the molecule is Cc1ccc(Oc2ccc(Cl)cc2NC(=O)CCn2cc([N+](=O)[O-])cn2)cc1. The quantitative estimate of drug-likeness (QED) is 0.462. The summed E-state index contributed by atoms with van der Waals surface area (Å²) in [4.78, 5) is 22.4. The third-order valence-electron chi connectivity index (χ3n) is 3.86. The predicted molar refractivity (Wildman–Crippen MR) is 105 cm³/mol. The van der Waals surface area contributed by atoms with Crippen LogP contribution in [0, 0.1) is 17.0 Å². The van der Waals surface area contributed by atoms with Gasteiger partial charge in [0.05, 0.1) is 10.6 Å². The van der Waals surface area contributed by atoms with Gasteiger partial charge in [0, 0.05) is 18.0 Å². The highest BCUT2D eigenvalue weighted by Crippen LogP contribution is 2.32. The molecule has 2 aromatic carbocycles. The number of hydrogen-bond acceptors (Lipinski definition) is 5. The van der Waals surface area contributed by atoms with Crippen molar-refractivity contribution in [3.05, 3.63) is 75.6 Å². The number of aromatic nitrogens is 2. The van der Waals surface area contributed by atoms with Crippen molar-refractivity contribution in [3.8, 4) is 11.5 Å². The molecule has 0 aliphatic rings. The number of benzene rings is 2. The van der Waals surface area contributed by atoms with Crippen molar-refractivity contribution in [2.45, 2.75) is 19.9 Å². The molecular weight excluding hydrogens is 384 g/mol. The minimum absolute atomic E-state index is 0.0787. The number of carbonyl (C=O) groups is 1. The van der Waals surface area contributed by atoms with E-state index >= 15 is 0 Å². The van der Waals surface area contributed by atoms with Gasteiger partial charge in [0.1, 0.15) is 18.1 Å². The molecule has 3 rings (SSSR count). The van der Waals surface area contributed by atoms with Crippen LogP contribution in [0.5, 0.6) is 11.5 Å². The maximum atomic E-state index is 12.3. The van der Waals surface area contributed by atoms with Gasteiger partial charge in [-0.25, -0.2) is 0 Å². The third-order valence-corrected chi connectivity index (χ3v) is 4.10. The van der Waals surface area contributed by atoms with Crippen molar-refractivity contribution in [1.82, 2.24) is 9.78 Å². The van der Waals surface area contributed by atoms with Crippen LogP contribution in [0.15, 0.2) is 54.9 Å². The molecule has 1 heterocycles. The van der Waals surface area contributed by atoms with Crippen LogP contribution in [-0.4, -0.2) is 20.6 Å². The molecule has 144 valence electrons. The number of hydrogen-bond donors (Lipinski definition) is 1. The van der Waals surface area contributed by atoms with Crippen molar-refractivity contribution in [1.29, 1.82) is 0 Å². The largest absolute Gasteiger partial charge is 0.455 e. The molecule has 0 aliphatic heterocycles. The Kier molecular flexibility index (Phi) is 5.90. The van der Waals surface area contributed by atoms with Crippen LogP contribution in [0.2, 0.25) is 5.02 Å². The van der Waals surface area contributed by atoms with Crippen LogP contribution in [0.4, 0.5) is 11.4 Å². The van der Waals surface area contributed by atoms with Crippen LogP contribution >= 0.6 is 11.6 Å². The number of amides is 1. The molecule has 0 atom stereocenters. The molecule has 1 N–H and O–H groups in total. The number of carbonyl (C=O) groups excluding carboxylic acids is 1. The molecule has 0 radical (unpaired) electrons. The average Bonchev–Trinajstić information content (AvgIpc) is 3.13. The minimum Gasteiger partial charge on any atom is -0.455 e. The summed E-state index contributed by atoms with van der Waals surface area (Å²) in [7, 11) is 0. The van der Waals surface area contributed by atoms with E-state index in [9.17, 15) is 14.9 Å². The van der Waals surface area contributed by atoms with E-state index < -0.39 is 4.92 Å². The zero-order valence-corrected chi connectivity index (χ0v) is 15.7. The van der Waals surface area contributed by atoms with Gasteiger partial charge >= 0.3 is 5.69 Å². The number of nitro groups is 1. The van der Waals surface area contributed by atoms with Gasteiger partial charge < -0.3 is 10.1 Å². The Labute approximate surface area is 165 Å². The van der Waals surface area contributed by atoms with Crippen LogP contribution in [0.25, 0.3) is 0 Å². The summed E-state index contributed by atoms with van der Waals surface area (Å²) in [6.45, 7) is 2.18. The Morgan fingerprint density at radius 2 is 2.04 bits per heavy atom. The molecule has 0 unspecified atom stereocenters. The van der Waals surface area contributed by atoms with Gasteiger partial charge in [0.25, 0.3) is 0 Å². The molecule has 3 aromatic rings. The number of aryl methyl sites for hydroxylation is 2. The van der Waals surface area contributed by atoms with Gasteiger partial charge in [-0.3, -0.25) is 19.6 Å². The van der Waals surface area contributed by atoms with Gasteiger partial charge in [-0.05, 0) is 37.3 Å². The van der Waals surface area contributed by atoms with Gasteiger partial charge in [-0.1, -0.05) is 29.3 Å². The monoisotopic (exact) mass is 400 g/mol. The molecule has 9 heteroatoms. The van der Waals surface area contributed by atoms with Crippen molar-refractivity contribution in [2.24, 2.45) is 0 Å². The topological polar surface area (TPSA) is 99.3 Å². The van der Waals surface area contributed by atoms with E-state index in [2.05, 4.69) is 10.4 Å². The molecule has 0 saturated heterocycles. The molecule has 0 spiro atoms. The standard InChI is InChI=1S/C19H17ClN4O4/c1-13-2-5-16(6-3-13)28-18-7-4-14(20)10-17(18)22-19(25)8-9-23-12-15(11-21-23)24(26)27/h2-7,10-12H,8-9H2,1H3,(H,22,25). The van der Waals surface area contributed by atoms with Crippen molar-refractivity contribution < 1.29 is 14.5 Å². The molecule has 0 bridgehead atoms. The van der Waals surface area contributed by atoms with E-state index in [1.807, 2.05) is 31.2 Å². The second-order valence-electron chi connectivity index (χ2n) is 6.07. The lowest BCUT2D eigenvalue weighted by Gasteiger charge is -2.13. The second kappa shape index (κ2) is 8.53. The van der Waals surface area contributed by atoms with Gasteiger partial charge in [0.2, 0.25) is 5.91 Å². The Morgan fingerprint density at radius 1 is 1.29 bits per heavy atom. The minimum atomic E-state index is -0.537. The van der Waals surface area contributed by atoms with E-state index in [0.717, 1.165) is 11.8 Å². The fourth-order valence-corrected chi connectivity index (χ4v) is 2.59. The van der Waals surface area contributed by atoms with Crippen LogP contribution < -0.4 is 10.1 Å². The number of nitrogens with one attached hydrogen (secondary N) is 1. The maximum absolute atomic E-state index is 12.3. The molecular formula is C19H17ClN4O4. The highest BCUT2D eigenvalue weighted by Gasteiger charge is 2.12. The second-order valence-corrected chi connectivity index (χ2v) is 6.51. The summed E-state index contributed by atoms with van der Waals surface area (Å²) < 4.78 is 7.19. The average molecular weight is 401 g/mol. The van der Waals surface area contributed by atoms with E-state index in [-0.39, 0.29) is 24.6 Å². The van der Waals surface area contributed by atoms with Crippen LogP contribution in [-0.2, 0) is 11.3 Å². The number of halogens is 1. The first-order chi connectivity index (χ1) is 13.4. The molecule has 0 fully saturated rings. The maximum Gasteiger partial charge on any atom is 0.306 e. The highest BCUT2D eigenvalue weighted by molar-refractivity contribution is 6.31. The van der Waals surface area contributed by atoms with E-state index in [1.54, 1.807) is 18.2 Å². The summed E-state index contributed by atoms with van der Waals surface area (Å²) in [6, 6.07) is 12.5. The Bertz CT molecular complexity index is 1000. The summed E-state index contributed by atoms with van der Waals surface area (Å²) in [5.74, 6) is 0.790. The molecule has 0 aliphatic carbocycles. The lowest BCUT2D eigenvalue weighted by molar-refractivity contribution is -0.385. The molecule has 28 heavy (non-hydrogen) atoms. The van der Waals surface area contributed by atoms with Crippen molar-refractivity contribution >= 4 is 28.9 Å². The molecule has 1 aromatic heterocycles. The summed E-state index contributed by atoms with van der Waals surface area (Å²) in [5, 5.41) is 17.8. The predicted octanol–water partition coefficient (Wildman–Crippen LogP) is 4.57. The van der Waals surface area contributed by atoms with Crippen molar-refractivity contribution in [2.75, 3.05) is 5.32 Å². The van der Waals surface area contributed by atoms with E-state index in [1.165, 1.54) is 10.9 Å². The summed E-state index contributed by atoms with van der Waals surface area (Å²) in [6.07, 6.45) is 2.50. The number of anilines is 1. The smallest absolute Gasteiger partial charge is 0.306 e.